The number of aliphatic hydroxyl groups is 1. The summed E-state index contributed by atoms with van der Waals surface area (Å²) in [6.07, 6.45) is 0. The Bertz CT molecular complexity index is 354. The molecule has 0 fully saturated rings. The molecule has 0 unspecified atom stereocenters. The Balaban J connectivity index is 2.95. The molecule has 0 amide bonds. The van der Waals surface area contributed by atoms with Gasteiger partial charge in [0.05, 0.1) is 6.61 Å². The van der Waals surface area contributed by atoms with Gasteiger partial charge in [0.1, 0.15) is 0 Å². The first-order valence-electron chi connectivity index (χ1n) is 6.28. The average molecular weight is 235 g/mol. The Morgan fingerprint density at radius 1 is 1.12 bits per heavy atom. The lowest BCUT2D eigenvalue weighted by atomic mass is 9.84. The molecule has 17 heavy (non-hydrogen) atoms. The van der Waals surface area contributed by atoms with E-state index in [9.17, 15) is 0 Å². The number of benzene rings is 1. The first-order valence-corrected chi connectivity index (χ1v) is 6.28. The van der Waals surface area contributed by atoms with E-state index < -0.39 is 0 Å². The first kappa shape index (κ1) is 14.2. The lowest BCUT2D eigenvalue weighted by Gasteiger charge is -2.22. The summed E-state index contributed by atoms with van der Waals surface area (Å²) in [6, 6.07) is 4.56. The average Bonchev–Trinajstić information content (AvgIpc) is 2.20. The highest BCUT2D eigenvalue weighted by atomic mass is 16.3. The summed E-state index contributed by atoms with van der Waals surface area (Å²) in [5.41, 5.74) is 5.61. The van der Waals surface area contributed by atoms with Crippen LogP contribution in [-0.2, 0) is 12.0 Å². The van der Waals surface area contributed by atoms with Crippen molar-refractivity contribution in [1.82, 2.24) is 5.32 Å². The van der Waals surface area contributed by atoms with Gasteiger partial charge in [0.25, 0.3) is 0 Å². The van der Waals surface area contributed by atoms with Gasteiger partial charge in [-0.1, -0.05) is 32.9 Å². The van der Waals surface area contributed by atoms with Gasteiger partial charge in [-0.2, -0.15) is 0 Å². The molecular formula is C15H25NO. The van der Waals surface area contributed by atoms with E-state index in [1.807, 2.05) is 0 Å². The maximum atomic E-state index is 8.77. The van der Waals surface area contributed by atoms with E-state index in [1.54, 1.807) is 0 Å². The second-order valence-corrected chi connectivity index (χ2v) is 5.74. The molecule has 0 atom stereocenters. The number of nitrogens with one attached hydrogen (secondary N) is 1. The Morgan fingerprint density at radius 3 is 2.06 bits per heavy atom. The molecule has 2 heteroatoms. The second kappa shape index (κ2) is 5.65. The van der Waals surface area contributed by atoms with Crippen LogP contribution in [0.4, 0.5) is 0 Å². The summed E-state index contributed by atoms with van der Waals surface area (Å²) >= 11 is 0. The molecule has 1 aromatic rings. The SMILES string of the molecule is Cc1cc(C(C)(C)C)cc(C)c1CNCCO. The molecule has 0 aliphatic heterocycles. The van der Waals surface area contributed by atoms with Gasteiger partial charge in [-0.25, -0.2) is 0 Å². The van der Waals surface area contributed by atoms with Crippen LogP contribution >= 0.6 is 0 Å². The molecule has 0 saturated heterocycles. The van der Waals surface area contributed by atoms with Gasteiger partial charge in [0, 0.05) is 13.1 Å². The Kier molecular flexibility index (Phi) is 4.72. The third-order valence-electron chi connectivity index (χ3n) is 3.15. The van der Waals surface area contributed by atoms with Crippen LogP contribution in [0.2, 0.25) is 0 Å². The van der Waals surface area contributed by atoms with Crippen LogP contribution in [0.3, 0.4) is 0 Å². The third kappa shape index (κ3) is 3.83. The van der Waals surface area contributed by atoms with Gasteiger partial charge < -0.3 is 10.4 Å². The molecule has 2 nitrogen and oxygen atoms in total. The van der Waals surface area contributed by atoms with Crippen molar-refractivity contribution in [3.8, 4) is 0 Å². The molecule has 2 N–H and O–H groups in total. The molecule has 0 aliphatic carbocycles. The van der Waals surface area contributed by atoms with E-state index in [0.717, 1.165) is 6.54 Å². The van der Waals surface area contributed by atoms with Crippen LogP contribution in [0.5, 0.6) is 0 Å². The van der Waals surface area contributed by atoms with Crippen molar-refractivity contribution < 1.29 is 5.11 Å². The van der Waals surface area contributed by atoms with Gasteiger partial charge in [-0.15, -0.1) is 0 Å². The smallest absolute Gasteiger partial charge is 0.0556 e. The van der Waals surface area contributed by atoms with Crippen molar-refractivity contribution in [2.24, 2.45) is 0 Å². The molecule has 0 heterocycles. The van der Waals surface area contributed by atoms with Crippen molar-refractivity contribution in [2.75, 3.05) is 13.2 Å². The molecular weight excluding hydrogens is 210 g/mol. The summed E-state index contributed by atoms with van der Waals surface area (Å²) < 4.78 is 0. The molecule has 96 valence electrons. The summed E-state index contributed by atoms with van der Waals surface area (Å²) in [6.45, 7) is 12.7. The minimum atomic E-state index is 0.193. The van der Waals surface area contributed by atoms with Crippen LogP contribution in [0.1, 0.15) is 43.0 Å². The van der Waals surface area contributed by atoms with E-state index >= 15 is 0 Å². The van der Waals surface area contributed by atoms with E-state index in [-0.39, 0.29) is 12.0 Å². The van der Waals surface area contributed by atoms with E-state index in [1.165, 1.54) is 22.3 Å². The fraction of sp³-hybridized carbons (Fsp3) is 0.600. The molecule has 1 rings (SSSR count). The predicted molar refractivity (Wildman–Crippen MR) is 73.4 cm³/mol. The van der Waals surface area contributed by atoms with E-state index in [4.69, 9.17) is 5.11 Å². The monoisotopic (exact) mass is 235 g/mol. The van der Waals surface area contributed by atoms with Crippen molar-refractivity contribution in [2.45, 2.75) is 46.6 Å². The highest BCUT2D eigenvalue weighted by Gasteiger charge is 2.15. The lowest BCUT2D eigenvalue weighted by Crippen LogP contribution is -2.19. The number of aliphatic hydroxyl groups excluding tert-OH is 1. The number of hydrogen-bond acceptors (Lipinski definition) is 2. The minimum Gasteiger partial charge on any atom is -0.395 e. The van der Waals surface area contributed by atoms with Crippen molar-refractivity contribution >= 4 is 0 Å². The van der Waals surface area contributed by atoms with Gasteiger partial charge in [0.15, 0.2) is 0 Å². The van der Waals surface area contributed by atoms with E-state index in [0.29, 0.717) is 6.54 Å². The highest BCUT2D eigenvalue weighted by Crippen LogP contribution is 2.26. The van der Waals surface area contributed by atoms with Crippen LogP contribution in [0.15, 0.2) is 12.1 Å². The van der Waals surface area contributed by atoms with Crippen molar-refractivity contribution in [3.05, 3.63) is 34.4 Å². The zero-order valence-electron chi connectivity index (χ0n) is 11.7. The predicted octanol–water partition coefficient (Wildman–Crippen LogP) is 2.68. The first-order chi connectivity index (χ1) is 7.86. The fourth-order valence-corrected chi connectivity index (χ4v) is 2.00. The van der Waals surface area contributed by atoms with Crippen LogP contribution < -0.4 is 5.32 Å². The quantitative estimate of drug-likeness (QED) is 0.786. The summed E-state index contributed by atoms with van der Waals surface area (Å²) in [5, 5.41) is 12.0. The van der Waals surface area contributed by atoms with Gasteiger partial charge in [-0.05, 0) is 41.5 Å². The number of rotatable bonds is 4. The maximum absolute atomic E-state index is 8.77. The Morgan fingerprint density at radius 2 is 1.65 bits per heavy atom. The van der Waals surface area contributed by atoms with Crippen molar-refractivity contribution in [3.63, 3.8) is 0 Å². The Labute approximate surface area is 105 Å². The standard InChI is InChI=1S/C15H25NO/c1-11-8-13(15(3,4)5)9-12(2)14(11)10-16-6-7-17/h8-9,16-17H,6-7,10H2,1-5H3. The highest BCUT2D eigenvalue weighted by molar-refractivity contribution is 5.40. The topological polar surface area (TPSA) is 32.3 Å². The molecule has 0 saturated carbocycles. The van der Waals surface area contributed by atoms with Crippen LogP contribution in [-0.4, -0.2) is 18.3 Å². The molecule has 0 aromatic heterocycles. The van der Waals surface area contributed by atoms with Gasteiger partial charge in [0.2, 0.25) is 0 Å². The molecule has 0 spiro atoms. The molecule has 1 aromatic carbocycles. The van der Waals surface area contributed by atoms with Crippen molar-refractivity contribution in [1.29, 1.82) is 0 Å². The summed E-state index contributed by atoms with van der Waals surface area (Å²) in [5.74, 6) is 0. The normalized spacial score (nSPS) is 11.9. The van der Waals surface area contributed by atoms with E-state index in [2.05, 4.69) is 52.1 Å². The lowest BCUT2D eigenvalue weighted by molar-refractivity contribution is 0.292. The minimum absolute atomic E-state index is 0.193. The second-order valence-electron chi connectivity index (χ2n) is 5.74. The summed E-state index contributed by atoms with van der Waals surface area (Å²) in [4.78, 5) is 0. The van der Waals surface area contributed by atoms with Crippen LogP contribution in [0.25, 0.3) is 0 Å². The maximum Gasteiger partial charge on any atom is 0.0556 e. The largest absolute Gasteiger partial charge is 0.395 e. The molecule has 0 radical (unpaired) electrons. The van der Waals surface area contributed by atoms with Crippen LogP contribution in [0, 0.1) is 13.8 Å². The zero-order chi connectivity index (χ0) is 13.1. The molecule has 0 aliphatic rings. The number of aryl methyl sites for hydroxylation is 2. The van der Waals surface area contributed by atoms with Gasteiger partial charge >= 0.3 is 0 Å². The Hall–Kier alpha value is -0.860. The van der Waals surface area contributed by atoms with Gasteiger partial charge in [-0.3, -0.25) is 0 Å². The third-order valence-corrected chi connectivity index (χ3v) is 3.15. The number of hydrogen-bond donors (Lipinski definition) is 2. The summed E-state index contributed by atoms with van der Waals surface area (Å²) in [7, 11) is 0. The zero-order valence-corrected chi connectivity index (χ0v) is 11.7. The fourth-order valence-electron chi connectivity index (χ4n) is 2.00. The molecule has 0 bridgehead atoms.